The summed E-state index contributed by atoms with van der Waals surface area (Å²) in [4.78, 5) is 7.12. The first-order valence-corrected chi connectivity index (χ1v) is 7.94. The van der Waals surface area contributed by atoms with E-state index < -0.39 is 0 Å². The lowest BCUT2D eigenvalue weighted by molar-refractivity contribution is 0.223. The number of likely N-dealkylation sites (tertiary alicyclic amines) is 1. The molecule has 5 nitrogen and oxygen atoms in total. The van der Waals surface area contributed by atoms with Crippen molar-refractivity contribution < 1.29 is 0 Å². The summed E-state index contributed by atoms with van der Waals surface area (Å²) in [5, 5.41) is 11.9. The molecule has 0 spiro atoms. The summed E-state index contributed by atoms with van der Waals surface area (Å²) in [6.07, 6.45) is 5.84. The number of nitrogens with zero attached hydrogens (tertiary/aromatic N) is 4. The molecule has 2 rings (SSSR count). The van der Waals surface area contributed by atoms with Crippen molar-refractivity contribution in [2.45, 2.75) is 58.9 Å². The van der Waals surface area contributed by atoms with Crippen LogP contribution in [0.1, 0.15) is 51.4 Å². The lowest BCUT2D eigenvalue weighted by Crippen LogP contribution is -2.38. The van der Waals surface area contributed by atoms with E-state index in [2.05, 4.69) is 46.2 Å². The Bertz CT molecular complexity index is 415. The molecule has 1 aromatic heterocycles. The lowest BCUT2D eigenvalue weighted by Gasteiger charge is -2.29. The van der Waals surface area contributed by atoms with E-state index in [1.54, 1.807) is 0 Å². The third kappa shape index (κ3) is 4.13. The number of piperidine rings is 1. The summed E-state index contributed by atoms with van der Waals surface area (Å²) in [5.74, 6) is 0.670. The predicted octanol–water partition coefficient (Wildman–Crippen LogP) is 2.28. The van der Waals surface area contributed by atoms with Crippen LogP contribution in [0.3, 0.4) is 0 Å². The van der Waals surface area contributed by atoms with Gasteiger partial charge in [0.25, 0.3) is 0 Å². The molecule has 1 unspecified atom stereocenters. The minimum absolute atomic E-state index is 0.354. The largest absolute Gasteiger partial charge is 0.349 e. The van der Waals surface area contributed by atoms with Crippen molar-refractivity contribution in [3.05, 3.63) is 11.4 Å². The first-order valence-electron chi connectivity index (χ1n) is 7.94. The third-order valence-electron chi connectivity index (χ3n) is 3.87. The Labute approximate surface area is 122 Å². The molecule has 20 heavy (non-hydrogen) atoms. The van der Waals surface area contributed by atoms with E-state index in [0.717, 1.165) is 30.8 Å². The van der Waals surface area contributed by atoms with Crippen LogP contribution in [-0.2, 0) is 12.8 Å². The van der Waals surface area contributed by atoms with Crippen molar-refractivity contribution in [2.24, 2.45) is 0 Å². The molecule has 0 amide bonds. The van der Waals surface area contributed by atoms with Crippen LogP contribution in [0.2, 0.25) is 0 Å². The van der Waals surface area contributed by atoms with Crippen LogP contribution in [0.15, 0.2) is 0 Å². The number of hydrogen-bond acceptors (Lipinski definition) is 5. The maximum atomic E-state index is 4.59. The summed E-state index contributed by atoms with van der Waals surface area (Å²) in [6, 6.07) is 0.354. The van der Waals surface area contributed by atoms with E-state index in [4.69, 9.17) is 0 Å². The van der Waals surface area contributed by atoms with Gasteiger partial charge in [0.2, 0.25) is 5.95 Å². The minimum Gasteiger partial charge on any atom is -0.349 e. The zero-order valence-electron chi connectivity index (χ0n) is 13.0. The van der Waals surface area contributed by atoms with Gasteiger partial charge in [-0.25, -0.2) is 4.98 Å². The van der Waals surface area contributed by atoms with Gasteiger partial charge in [0.1, 0.15) is 0 Å². The molecule has 1 aromatic rings. The monoisotopic (exact) mass is 277 g/mol. The average molecular weight is 277 g/mol. The Morgan fingerprint density at radius 2 is 1.75 bits per heavy atom. The molecule has 5 heteroatoms. The Morgan fingerprint density at radius 3 is 2.40 bits per heavy atom. The van der Waals surface area contributed by atoms with Crippen LogP contribution in [0.5, 0.6) is 0 Å². The number of aromatic nitrogens is 3. The summed E-state index contributed by atoms with van der Waals surface area (Å²) >= 11 is 0. The van der Waals surface area contributed by atoms with Gasteiger partial charge in [0.15, 0.2) is 0 Å². The van der Waals surface area contributed by atoms with Crippen molar-refractivity contribution >= 4 is 5.95 Å². The third-order valence-corrected chi connectivity index (χ3v) is 3.87. The second-order valence-corrected chi connectivity index (χ2v) is 5.64. The highest BCUT2D eigenvalue weighted by Gasteiger charge is 2.14. The van der Waals surface area contributed by atoms with Gasteiger partial charge in [0.05, 0.1) is 11.4 Å². The predicted molar refractivity (Wildman–Crippen MR) is 82.0 cm³/mol. The van der Waals surface area contributed by atoms with Crippen LogP contribution in [0.25, 0.3) is 0 Å². The molecular formula is C15H27N5. The molecule has 0 bridgehead atoms. The topological polar surface area (TPSA) is 53.9 Å². The molecule has 1 atom stereocenters. The molecule has 2 heterocycles. The summed E-state index contributed by atoms with van der Waals surface area (Å²) < 4.78 is 0. The molecular weight excluding hydrogens is 250 g/mol. The van der Waals surface area contributed by atoms with Gasteiger partial charge in [-0.3, -0.25) is 0 Å². The van der Waals surface area contributed by atoms with Gasteiger partial charge in [0, 0.05) is 12.6 Å². The maximum Gasteiger partial charge on any atom is 0.243 e. The molecule has 1 saturated heterocycles. The van der Waals surface area contributed by atoms with Crippen molar-refractivity contribution in [1.82, 2.24) is 20.1 Å². The van der Waals surface area contributed by atoms with Crippen molar-refractivity contribution in [1.29, 1.82) is 0 Å². The van der Waals surface area contributed by atoms with E-state index in [1.807, 2.05) is 0 Å². The fraction of sp³-hybridized carbons (Fsp3) is 0.800. The van der Waals surface area contributed by atoms with Crippen LogP contribution >= 0.6 is 0 Å². The highest BCUT2D eigenvalue weighted by molar-refractivity contribution is 5.27. The second kappa shape index (κ2) is 7.53. The van der Waals surface area contributed by atoms with E-state index >= 15 is 0 Å². The van der Waals surface area contributed by atoms with Crippen LogP contribution in [-0.4, -0.2) is 45.8 Å². The number of hydrogen-bond donors (Lipinski definition) is 1. The molecule has 0 aromatic carbocycles. The SMILES string of the molecule is CCc1nnc(NC(C)CN2CCCCC2)nc1CC. The zero-order valence-corrected chi connectivity index (χ0v) is 13.0. The Hall–Kier alpha value is -1.23. The Morgan fingerprint density at radius 1 is 1.05 bits per heavy atom. The molecule has 0 aliphatic carbocycles. The maximum absolute atomic E-state index is 4.59. The quantitative estimate of drug-likeness (QED) is 0.864. The van der Waals surface area contributed by atoms with Gasteiger partial charge in [-0.15, -0.1) is 5.10 Å². The zero-order chi connectivity index (χ0) is 14.4. The summed E-state index contributed by atoms with van der Waals surface area (Å²) in [7, 11) is 0. The number of rotatable bonds is 6. The van der Waals surface area contributed by atoms with Gasteiger partial charge in [-0.05, 0) is 45.7 Å². The van der Waals surface area contributed by atoms with E-state index in [9.17, 15) is 0 Å². The van der Waals surface area contributed by atoms with Gasteiger partial charge in [-0.2, -0.15) is 5.10 Å². The lowest BCUT2D eigenvalue weighted by atomic mass is 10.1. The highest BCUT2D eigenvalue weighted by atomic mass is 15.3. The van der Waals surface area contributed by atoms with Gasteiger partial charge < -0.3 is 10.2 Å². The van der Waals surface area contributed by atoms with E-state index in [0.29, 0.717) is 12.0 Å². The van der Waals surface area contributed by atoms with Crippen molar-refractivity contribution in [3.8, 4) is 0 Å². The van der Waals surface area contributed by atoms with Crippen LogP contribution in [0, 0.1) is 0 Å². The molecule has 0 saturated carbocycles. The fourth-order valence-electron chi connectivity index (χ4n) is 2.79. The fourth-order valence-corrected chi connectivity index (χ4v) is 2.79. The van der Waals surface area contributed by atoms with Crippen LogP contribution < -0.4 is 5.32 Å². The number of nitrogens with one attached hydrogen (secondary N) is 1. The first kappa shape index (κ1) is 15.2. The highest BCUT2D eigenvalue weighted by Crippen LogP contribution is 2.11. The first-order chi connectivity index (χ1) is 9.72. The Kier molecular flexibility index (Phi) is 5.71. The second-order valence-electron chi connectivity index (χ2n) is 5.64. The Balaban J connectivity index is 1.91. The van der Waals surface area contributed by atoms with E-state index in [1.165, 1.54) is 32.4 Å². The molecule has 0 radical (unpaired) electrons. The normalized spacial score (nSPS) is 17.9. The van der Waals surface area contributed by atoms with Crippen molar-refractivity contribution in [3.63, 3.8) is 0 Å². The molecule has 1 aliphatic rings. The van der Waals surface area contributed by atoms with E-state index in [-0.39, 0.29) is 0 Å². The van der Waals surface area contributed by atoms with Crippen LogP contribution in [0.4, 0.5) is 5.95 Å². The molecule has 1 aliphatic heterocycles. The standard InChI is InChI=1S/C15H27N5/c1-4-13-14(5-2)18-19-15(17-13)16-12(3)11-20-9-7-6-8-10-20/h12H,4-11H2,1-3H3,(H,16,17,19). The minimum atomic E-state index is 0.354. The average Bonchev–Trinajstić information content (AvgIpc) is 2.48. The van der Waals surface area contributed by atoms with Gasteiger partial charge in [-0.1, -0.05) is 20.3 Å². The molecule has 1 N–H and O–H groups in total. The molecule has 1 fully saturated rings. The molecule has 112 valence electrons. The van der Waals surface area contributed by atoms with Crippen molar-refractivity contribution in [2.75, 3.05) is 25.0 Å². The summed E-state index contributed by atoms with van der Waals surface area (Å²) in [6.45, 7) is 9.90. The summed E-state index contributed by atoms with van der Waals surface area (Å²) in [5.41, 5.74) is 2.08. The number of anilines is 1. The number of aryl methyl sites for hydroxylation is 2. The van der Waals surface area contributed by atoms with Gasteiger partial charge >= 0.3 is 0 Å². The smallest absolute Gasteiger partial charge is 0.243 e.